The first-order valence-electron chi connectivity index (χ1n) is 9.68. The zero-order chi connectivity index (χ0) is 24.1. The Bertz CT molecular complexity index is 1210. The molecule has 3 aromatic heterocycles. The molecule has 0 fully saturated rings. The first kappa shape index (κ1) is 22.6. The Balaban J connectivity index is 1.84. The van der Waals surface area contributed by atoms with E-state index in [1.807, 2.05) is 0 Å². The van der Waals surface area contributed by atoms with Crippen molar-refractivity contribution in [3.05, 3.63) is 64.0 Å². The Morgan fingerprint density at radius 3 is 2.39 bits per heavy atom. The lowest BCUT2D eigenvalue weighted by Gasteiger charge is -2.27. The molecule has 1 unspecified atom stereocenters. The molecule has 33 heavy (non-hydrogen) atoms. The number of halogens is 6. The second kappa shape index (κ2) is 8.05. The Morgan fingerprint density at radius 1 is 1.03 bits per heavy atom. The van der Waals surface area contributed by atoms with Gasteiger partial charge >= 0.3 is 6.18 Å². The summed E-state index contributed by atoms with van der Waals surface area (Å²) in [7, 11) is 0. The average Bonchev–Trinajstić information content (AvgIpc) is 2.94. The van der Waals surface area contributed by atoms with Crippen molar-refractivity contribution < 1.29 is 26.3 Å². The number of hydrogen-bond acceptors (Lipinski definition) is 7. The van der Waals surface area contributed by atoms with Crippen molar-refractivity contribution >= 4 is 17.6 Å². The Morgan fingerprint density at radius 2 is 1.76 bits per heavy atom. The molecule has 4 heterocycles. The smallest absolute Gasteiger partial charge is 0.383 e. The molecule has 13 heteroatoms. The third-order valence-electron chi connectivity index (χ3n) is 5.45. The summed E-state index contributed by atoms with van der Waals surface area (Å²) in [4.78, 5) is 17.1. The number of nitrogens with two attached hydrogens (primary N) is 2. The van der Waals surface area contributed by atoms with E-state index in [1.54, 1.807) is 0 Å². The maximum atomic E-state index is 14.2. The molecule has 0 amide bonds. The zero-order valence-corrected chi connectivity index (χ0v) is 17.1. The predicted octanol–water partition coefficient (Wildman–Crippen LogP) is 3.37. The second-order valence-electron chi connectivity index (χ2n) is 7.52. The van der Waals surface area contributed by atoms with E-state index in [0.717, 1.165) is 6.07 Å². The number of pyridine rings is 2. The summed E-state index contributed by atoms with van der Waals surface area (Å²) in [5, 5.41) is 0. The quantitative estimate of drug-likeness (QED) is 0.438. The molecule has 4 N–H and O–H groups in total. The van der Waals surface area contributed by atoms with Gasteiger partial charge in [0.25, 0.3) is 5.95 Å². The van der Waals surface area contributed by atoms with Crippen molar-refractivity contribution in [1.29, 1.82) is 0 Å². The molecule has 1 aliphatic heterocycles. The van der Waals surface area contributed by atoms with E-state index in [4.69, 9.17) is 11.5 Å². The Hall–Kier alpha value is -3.64. The molecule has 1 atom stereocenters. The maximum Gasteiger partial charge on any atom is 0.417 e. The van der Waals surface area contributed by atoms with Crippen molar-refractivity contribution in [3.8, 4) is 0 Å². The van der Waals surface area contributed by atoms with Crippen molar-refractivity contribution in [2.24, 2.45) is 0 Å². The van der Waals surface area contributed by atoms with Gasteiger partial charge in [0, 0.05) is 48.4 Å². The molecule has 1 aliphatic rings. The fourth-order valence-electron chi connectivity index (χ4n) is 3.87. The van der Waals surface area contributed by atoms with Crippen LogP contribution in [0.3, 0.4) is 0 Å². The monoisotopic (exact) mass is 469 g/mol. The molecule has 4 rings (SSSR count). The van der Waals surface area contributed by atoms with Crippen molar-refractivity contribution in [2.45, 2.75) is 25.4 Å². The highest BCUT2D eigenvalue weighted by Crippen LogP contribution is 2.37. The van der Waals surface area contributed by atoms with Gasteiger partial charge in [-0.1, -0.05) is 0 Å². The van der Waals surface area contributed by atoms with Gasteiger partial charge in [-0.15, -0.1) is 0 Å². The van der Waals surface area contributed by atoms with Crippen LogP contribution in [0.2, 0.25) is 0 Å². The van der Waals surface area contributed by atoms with Gasteiger partial charge in [0.2, 0.25) is 11.8 Å². The van der Waals surface area contributed by atoms with Gasteiger partial charge in [0.15, 0.2) is 5.82 Å². The van der Waals surface area contributed by atoms with Gasteiger partial charge in [0.05, 0.1) is 11.3 Å². The molecule has 0 radical (unpaired) electrons. The normalized spacial score (nSPS) is 16.5. The Labute approximate surface area is 183 Å². The number of anilines is 3. The van der Waals surface area contributed by atoms with E-state index in [0.29, 0.717) is 17.5 Å². The topological polar surface area (TPSA) is 107 Å². The van der Waals surface area contributed by atoms with Gasteiger partial charge in [-0.2, -0.15) is 31.9 Å². The SMILES string of the molecule is Cc1c(N2CCc3nc(N)nc(N)c3C(c3ccc(C(F)(F)F)cn3)C2)nc(F)c(F)c1F. The number of nitrogens with zero attached hydrogens (tertiary/aromatic N) is 5. The first-order chi connectivity index (χ1) is 15.5. The number of hydrogen-bond donors (Lipinski definition) is 2. The van der Waals surface area contributed by atoms with Crippen LogP contribution in [-0.2, 0) is 12.6 Å². The van der Waals surface area contributed by atoms with Crippen LogP contribution in [0, 0.1) is 24.5 Å². The number of aromatic nitrogens is 4. The van der Waals surface area contributed by atoms with E-state index in [9.17, 15) is 26.3 Å². The molecule has 7 nitrogen and oxygen atoms in total. The van der Waals surface area contributed by atoms with Gasteiger partial charge in [-0.25, -0.2) is 9.37 Å². The summed E-state index contributed by atoms with van der Waals surface area (Å²) in [6.45, 7) is 1.34. The molecule has 0 saturated heterocycles. The van der Waals surface area contributed by atoms with Gasteiger partial charge in [0.1, 0.15) is 11.6 Å². The molecule has 0 spiro atoms. The molecular formula is C20H17F6N7. The molecule has 174 valence electrons. The molecular weight excluding hydrogens is 452 g/mol. The summed E-state index contributed by atoms with van der Waals surface area (Å²) in [6.07, 6.45) is -3.70. The average molecular weight is 469 g/mol. The third kappa shape index (κ3) is 4.10. The highest BCUT2D eigenvalue weighted by atomic mass is 19.4. The summed E-state index contributed by atoms with van der Waals surface area (Å²) >= 11 is 0. The van der Waals surface area contributed by atoms with Crippen molar-refractivity contribution in [2.75, 3.05) is 29.5 Å². The lowest BCUT2D eigenvalue weighted by molar-refractivity contribution is -0.137. The number of fused-ring (bicyclic) bond motifs is 1. The number of rotatable bonds is 2. The third-order valence-corrected chi connectivity index (χ3v) is 5.45. The Kier molecular flexibility index (Phi) is 5.50. The lowest BCUT2D eigenvalue weighted by Crippen LogP contribution is -2.31. The molecule has 3 aromatic rings. The van der Waals surface area contributed by atoms with E-state index < -0.39 is 35.2 Å². The highest BCUT2D eigenvalue weighted by Gasteiger charge is 2.34. The summed E-state index contributed by atoms with van der Waals surface area (Å²) in [6, 6.07) is 2.05. The van der Waals surface area contributed by atoms with Crippen molar-refractivity contribution in [1.82, 2.24) is 19.9 Å². The molecule has 0 saturated carbocycles. The van der Waals surface area contributed by atoms with E-state index in [2.05, 4.69) is 19.9 Å². The van der Waals surface area contributed by atoms with Crippen LogP contribution < -0.4 is 16.4 Å². The number of nitrogen functional groups attached to an aromatic ring is 2. The largest absolute Gasteiger partial charge is 0.417 e. The molecule has 0 aromatic carbocycles. The zero-order valence-electron chi connectivity index (χ0n) is 17.1. The van der Waals surface area contributed by atoms with Crippen LogP contribution >= 0.6 is 0 Å². The second-order valence-corrected chi connectivity index (χ2v) is 7.52. The summed E-state index contributed by atoms with van der Waals surface area (Å²) < 4.78 is 80.7. The summed E-state index contributed by atoms with van der Waals surface area (Å²) in [5.41, 5.74) is 11.6. The van der Waals surface area contributed by atoms with Crippen LogP contribution in [0.15, 0.2) is 18.3 Å². The predicted molar refractivity (Wildman–Crippen MR) is 107 cm³/mol. The van der Waals surface area contributed by atoms with Crippen LogP contribution in [0.1, 0.15) is 34.0 Å². The number of alkyl halides is 3. The maximum absolute atomic E-state index is 14.2. The first-order valence-corrected chi connectivity index (χ1v) is 9.68. The van der Waals surface area contributed by atoms with Crippen LogP contribution in [-0.4, -0.2) is 33.0 Å². The minimum Gasteiger partial charge on any atom is -0.383 e. The minimum atomic E-state index is -4.58. The van der Waals surface area contributed by atoms with Gasteiger partial charge in [-0.05, 0) is 19.1 Å². The summed E-state index contributed by atoms with van der Waals surface area (Å²) in [5.74, 6) is -5.73. The van der Waals surface area contributed by atoms with Crippen molar-refractivity contribution in [3.63, 3.8) is 0 Å². The van der Waals surface area contributed by atoms with E-state index in [-0.39, 0.29) is 48.4 Å². The van der Waals surface area contributed by atoms with Crippen LogP contribution in [0.5, 0.6) is 0 Å². The van der Waals surface area contributed by atoms with Gasteiger partial charge < -0.3 is 16.4 Å². The van der Waals surface area contributed by atoms with Crippen LogP contribution in [0.25, 0.3) is 0 Å². The molecule has 0 aliphatic carbocycles. The molecule has 0 bridgehead atoms. The lowest BCUT2D eigenvalue weighted by atomic mass is 9.93. The van der Waals surface area contributed by atoms with Gasteiger partial charge in [-0.3, -0.25) is 4.98 Å². The fourth-order valence-corrected chi connectivity index (χ4v) is 3.87. The van der Waals surface area contributed by atoms with E-state index >= 15 is 0 Å². The van der Waals surface area contributed by atoms with Crippen LogP contribution in [0.4, 0.5) is 43.9 Å². The fraction of sp³-hybridized carbons (Fsp3) is 0.300. The van der Waals surface area contributed by atoms with E-state index in [1.165, 1.54) is 17.9 Å². The minimum absolute atomic E-state index is 0.00666. The standard InChI is InChI=1S/C20H17F6N7/c1-8-14(21)15(22)16(23)31-18(8)33-5-4-12-13(17(27)32-19(28)30-12)10(7-33)11-3-2-9(6-29-11)20(24,25)26/h2-3,6,10H,4-5,7H2,1H3,(H4,27,28,30,32). The highest BCUT2D eigenvalue weighted by molar-refractivity contribution is 5.55.